The van der Waals surface area contributed by atoms with Crippen molar-refractivity contribution in [2.45, 2.75) is 37.3 Å². The smallest absolute Gasteiger partial charge is 0.0626 e. The monoisotopic (exact) mass is 241 g/mol. The fourth-order valence-corrected chi connectivity index (χ4v) is 3.06. The Kier molecular flexibility index (Phi) is 4.08. The third-order valence-corrected chi connectivity index (χ3v) is 4.45. The largest absolute Gasteiger partial charge is 0.394 e. The first-order chi connectivity index (χ1) is 8.05. The Bertz CT molecular complexity index is 257. The Labute approximate surface area is 105 Å². The van der Waals surface area contributed by atoms with Gasteiger partial charge in [0.1, 0.15) is 0 Å². The predicted molar refractivity (Wildman–Crippen MR) is 69.9 cm³/mol. The second-order valence-corrected chi connectivity index (χ2v) is 6.14. The summed E-state index contributed by atoms with van der Waals surface area (Å²) in [5.41, 5.74) is 5.97. The molecule has 100 valence electrons. The molecule has 0 amide bonds. The molecule has 1 saturated heterocycles. The van der Waals surface area contributed by atoms with Crippen LogP contribution in [0.4, 0.5) is 0 Å². The van der Waals surface area contributed by atoms with Crippen molar-refractivity contribution < 1.29 is 5.11 Å². The van der Waals surface area contributed by atoms with Crippen LogP contribution in [0.15, 0.2) is 0 Å². The van der Waals surface area contributed by atoms with Gasteiger partial charge in [-0.3, -0.25) is 0 Å². The molecule has 2 fully saturated rings. The van der Waals surface area contributed by atoms with Crippen LogP contribution in [0.2, 0.25) is 0 Å². The van der Waals surface area contributed by atoms with Crippen LogP contribution in [0, 0.1) is 5.92 Å². The Morgan fingerprint density at radius 3 is 2.65 bits per heavy atom. The number of nitrogens with zero attached hydrogens (tertiary/aromatic N) is 2. The Morgan fingerprint density at radius 2 is 2.12 bits per heavy atom. The minimum atomic E-state index is -0.370. The third-order valence-electron chi connectivity index (χ3n) is 4.45. The number of piperidine rings is 1. The van der Waals surface area contributed by atoms with Gasteiger partial charge in [0.05, 0.1) is 12.1 Å². The molecule has 0 aromatic carbocycles. The summed E-state index contributed by atoms with van der Waals surface area (Å²) in [4.78, 5) is 4.75. The highest BCUT2D eigenvalue weighted by Crippen LogP contribution is 2.38. The number of aliphatic hydroxyl groups excluding tert-OH is 1. The number of nitrogens with two attached hydrogens (primary N) is 1. The standard InChI is InChI=1S/C13H27N3O/c1-15-7-3-4-12(8-15)16(2)9-13(14,10-17)11-5-6-11/h11-12,17H,3-10,14H2,1-2H3. The molecule has 2 rings (SSSR count). The van der Waals surface area contributed by atoms with Crippen LogP contribution in [-0.2, 0) is 0 Å². The zero-order valence-electron chi connectivity index (χ0n) is 11.2. The van der Waals surface area contributed by atoms with E-state index in [1.807, 2.05) is 0 Å². The van der Waals surface area contributed by atoms with E-state index in [1.54, 1.807) is 0 Å². The van der Waals surface area contributed by atoms with Gasteiger partial charge in [-0.15, -0.1) is 0 Å². The zero-order chi connectivity index (χ0) is 12.5. The van der Waals surface area contributed by atoms with Gasteiger partial charge in [0.2, 0.25) is 0 Å². The summed E-state index contributed by atoms with van der Waals surface area (Å²) < 4.78 is 0. The average Bonchev–Trinajstić information content (AvgIpc) is 3.13. The molecule has 2 atom stereocenters. The highest BCUT2D eigenvalue weighted by atomic mass is 16.3. The molecule has 1 saturated carbocycles. The minimum absolute atomic E-state index is 0.116. The van der Waals surface area contributed by atoms with Gasteiger partial charge in [-0.2, -0.15) is 0 Å². The van der Waals surface area contributed by atoms with Crippen LogP contribution >= 0.6 is 0 Å². The molecule has 0 aromatic rings. The molecule has 1 heterocycles. The Morgan fingerprint density at radius 1 is 1.41 bits per heavy atom. The molecule has 1 aliphatic carbocycles. The average molecular weight is 241 g/mol. The summed E-state index contributed by atoms with van der Waals surface area (Å²) in [5.74, 6) is 0.538. The van der Waals surface area contributed by atoms with E-state index in [-0.39, 0.29) is 12.1 Å². The van der Waals surface area contributed by atoms with Crippen molar-refractivity contribution in [3.8, 4) is 0 Å². The van der Waals surface area contributed by atoms with Crippen molar-refractivity contribution in [1.82, 2.24) is 9.80 Å². The van der Waals surface area contributed by atoms with Gasteiger partial charge >= 0.3 is 0 Å². The maximum atomic E-state index is 9.53. The molecule has 4 heteroatoms. The lowest BCUT2D eigenvalue weighted by molar-refractivity contribution is 0.0805. The van der Waals surface area contributed by atoms with Crippen LogP contribution in [0.3, 0.4) is 0 Å². The van der Waals surface area contributed by atoms with Crippen LogP contribution in [0.1, 0.15) is 25.7 Å². The van der Waals surface area contributed by atoms with Gasteiger partial charge in [0.15, 0.2) is 0 Å². The van der Waals surface area contributed by atoms with Crippen LogP contribution in [-0.4, -0.2) is 66.8 Å². The molecule has 3 N–H and O–H groups in total. The molecule has 4 nitrogen and oxygen atoms in total. The summed E-state index contributed by atoms with van der Waals surface area (Å²) in [7, 11) is 4.34. The van der Waals surface area contributed by atoms with E-state index in [0.29, 0.717) is 12.0 Å². The number of likely N-dealkylation sites (tertiary alicyclic amines) is 1. The maximum absolute atomic E-state index is 9.53. The first-order valence-electron chi connectivity index (χ1n) is 6.83. The lowest BCUT2D eigenvalue weighted by Gasteiger charge is -2.40. The van der Waals surface area contributed by atoms with Gasteiger partial charge in [0.25, 0.3) is 0 Å². The molecule has 0 aromatic heterocycles. The van der Waals surface area contributed by atoms with Crippen molar-refractivity contribution in [2.75, 3.05) is 40.3 Å². The fraction of sp³-hybridized carbons (Fsp3) is 1.00. The quantitative estimate of drug-likeness (QED) is 0.717. The third kappa shape index (κ3) is 3.19. The second-order valence-electron chi connectivity index (χ2n) is 6.14. The minimum Gasteiger partial charge on any atom is -0.394 e. The van der Waals surface area contributed by atoms with Crippen molar-refractivity contribution in [3.63, 3.8) is 0 Å². The molecule has 0 spiro atoms. The first kappa shape index (κ1) is 13.3. The lowest BCUT2D eigenvalue weighted by atomic mass is 9.93. The van der Waals surface area contributed by atoms with E-state index in [0.717, 1.165) is 13.1 Å². The normalized spacial score (nSPS) is 30.5. The van der Waals surface area contributed by atoms with E-state index < -0.39 is 0 Å². The Hall–Kier alpha value is -0.160. The molecule has 17 heavy (non-hydrogen) atoms. The summed E-state index contributed by atoms with van der Waals surface area (Å²) in [5, 5.41) is 9.53. The fourth-order valence-electron chi connectivity index (χ4n) is 3.06. The van der Waals surface area contributed by atoms with Gasteiger partial charge in [-0.1, -0.05) is 0 Å². The van der Waals surface area contributed by atoms with Gasteiger partial charge < -0.3 is 20.6 Å². The maximum Gasteiger partial charge on any atom is 0.0626 e. The van der Waals surface area contributed by atoms with Crippen molar-refractivity contribution in [1.29, 1.82) is 0 Å². The van der Waals surface area contributed by atoms with E-state index in [4.69, 9.17) is 5.73 Å². The summed E-state index contributed by atoms with van der Waals surface area (Å²) in [6, 6.07) is 0.599. The predicted octanol–water partition coefficient (Wildman–Crippen LogP) is 0.112. The molecule has 1 aliphatic heterocycles. The molecular weight excluding hydrogens is 214 g/mol. The highest BCUT2D eigenvalue weighted by molar-refractivity contribution is 5.01. The first-order valence-corrected chi connectivity index (χ1v) is 6.83. The molecule has 2 aliphatic rings. The number of hydrogen-bond acceptors (Lipinski definition) is 4. The van der Waals surface area contributed by atoms with E-state index in [1.165, 1.54) is 32.2 Å². The van der Waals surface area contributed by atoms with Crippen LogP contribution in [0.25, 0.3) is 0 Å². The van der Waals surface area contributed by atoms with Crippen molar-refractivity contribution >= 4 is 0 Å². The van der Waals surface area contributed by atoms with Crippen LogP contribution in [0.5, 0.6) is 0 Å². The Balaban J connectivity index is 1.88. The molecular formula is C13H27N3O. The molecule has 0 radical (unpaired) electrons. The highest BCUT2D eigenvalue weighted by Gasteiger charge is 2.43. The second kappa shape index (κ2) is 5.22. The zero-order valence-corrected chi connectivity index (χ0v) is 11.2. The number of hydrogen-bond donors (Lipinski definition) is 2. The summed E-state index contributed by atoms with van der Waals surface area (Å²) >= 11 is 0. The SMILES string of the molecule is CN1CCCC(N(C)CC(N)(CO)C2CC2)C1. The number of rotatable bonds is 5. The van der Waals surface area contributed by atoms with E-state index in [2.05, 4.69) is 23.9 Å². The van der Waals surface area contributed by atoms with Gasteiger partial charge in [-0.25, -0.2) is 0 Å². The van der Waals surface area contributed by atoms with Crippen molar-refractivity contribution in [3.05, 3.63) is 0 Å². The topological polar surface area (TPSA) is 52.7 Å². The molecule has 0 bridgehead atoms. The number of likely N-dealkylation sites (N-methyl/N-ethyl adjacent to an activating group) is 2. The molecule has 2 unspecified atom stereocenters. The van der Waals surface area contributed by atoms with Gasteiger partial charge in [0, 0.05) is 19.1 Å². The van der Waals surface area contributed by atoms with Crippen molar-refractivity contribution in [2.24, 2.45) is 11.7 Å². The van der Waals surface area contributed by atoms with E-state index in [9.17, 15) is 5.11 Å². The van der Waals surface area contributed by atoms with Gasteiger partial charge in [-0.05, 0) is 52.2 Å². The van der Waals surface area contributed by atoms with E-state index >= 15 is 0 Å². The number of aliphatic hydroxyl groups is 1. The van der Waals surface area contributed by atoms with Crippen LogP contribution < -0.4 is 5.73 Å². The summed E-state index contributed by atoms with van der Waals surface area (Å²) in [6.07, 6.45) is 4.91. The lowest BCUT2D eigenvalue weighted by Crippen LogP contribution is -2.57. The summed E-state index contributed by atoms with van der Waals surface area (Å²) in [6.45, 7) is 3.28.